The van der Waals surface area contributed by atoms with Crippen molar-refractivity contribution in [1.29, 1.82) is 0 Å². The minimum Gasteiger partial charge on any atom is -0.338 e. The van der Waals surface area contributed by atoms with Gasteiger partial charge >= 0.3 is 0 Å². The zero-order chi connectivity index (χ0) is 19.9. The molecule has 0 radical (unpaired) electrons. The van der Waals surface area contributed by atoms with E-state index in [0.717, 1.165) is 32.5 Å². The summed E-state index contributed by atoms with van der Waals surface area (Å²) in [5, 5.41) is 3.80. The van der Waals surface area contributed by atoms with E-state index in [0.29, 0.717) is 17.6 Å². The molecule has 0 saturated carbocycles. The fourth-order valence-electron chi connectivity index (χ4n) is 4.50. The molecule has 1 N–H and O–H groups in total. The van der Waals surface area contributed by atoms with E-state index in [2.05, 4.69) is 26.3 Å². The molecule has 2 fully saturated rings. The number of likely N-dealkylation sites (tertiary alicyclic amines) is 2. The molecule has 0 aliphatic carbocycles. The Hall–Kier alpha value is -2.31. The second-order valence-corrected chi connectivity index (χ2v) is 8.12. The van der Waals surface area contributed by atoms with Crippen LogP contribution >= 0.6 is 0 Å². The maximum atomic E-state index is 12.6. The van der Waals surface area contributed by atoms with Crippen LogP contribution in [0, 0.1) is 0 Å². The van der Waals surface area contributed by atoms with Crippen molar-refractivity contribution in [2.75, 3.05) is 32.7 Å². The van der Waals surface area contributed by atoms with Crippen LogP contribution in [0.15, 0.2) is 49.1 Å². The third kappa shape index (κ3) is 5.19. The lowest BCUT2D eigenvalue weighted by Gasteiger charge is -2.37. The highest BCUT2D eigenvalue weighted by Gasteiger charge is 2.26. The number of pyridine rings is 2. The molecule has 6 heteroatoms. The number of rotatable bonds is 6. The molecule has 1 amide bonds. The van der Waals surface area contributed by atoms with Crippen LogP contribution < -0.4 is 5.32 Å². The molecule has 2 aliphatic heterocycles. The van der Waals surface area contributed by atoms with Crippen LogP contribution in [0.4, 0.5) is 0 Å². The van der Waals surface area contributed by atoms with Crippen molar-refractivity contribution < 1.29 is 4.79 Å². The van der Waals surface area contributed by atoms with Crippen LogP contribution in [0.5, 0.6) is 0 Å². The topological polar surface area (TPSA) is 61.4 Å². The maximum absolute atomic E-state index is 12.6. The molecule has 2 aliphatic rings. The van der Waals surface area contributed by atoms with Crippen molar-refractivity contribution in [1.82, 2.24) is 25.1 Å². The number of amides is 1. The Morgan fingerprint density at radius 1 is 1.00 bits per heavy atom. The summed E-state index contributed by atoms with van der Waals surface area (Å²) in [5.74, 6) is 0.0955. The molecule has 2 aromatic heterocycles. The normalized spacial score (nSPS) is 19.8. The number of carbonyl (C=O) groups excluding carboxylic acids is 1. The zero-order valence-corrected chi connectivity index (χ0v) is 17.0. The molecule has 1 atom stereocenters. The van der Waals surface area contributed by atoms with Crippen LogP contribution in [0.1, 0.15) is 54.1 Å². The molecule has 154 valence electrons. The second-order valence-electron chi connectivity index (χ2n) is 8.12. The highest BCUT2D eigenvalue weighted by Crippen LogP contribution is 2.24. The lowest BCUT2D eigenvalue weighted by Crippen LogP contribution is -2.47. The standard InChI is InChI=1S/C23H31N5O/c29-23(20-7-5-11-25-17-20)28-14-8-21(9-15-28)26-18-22(19-6-4-10-24-16-19)27-12-2-1-3-13-27/h4-7,10-11,16-17,21-22,26H,1-3,8-9,12-15,18H2. The van der Waals surface area contributed by atoms with Gasteiger partial charge in [0.15, 0.2) is 0 Å². The Labute approximate surface area is 173 Å². The highest BCUT2D eigenvalue weighted by molar-refractivity contribution is 5.93. The first-order valence-electron chi connectivity index (χ1n) is 10.9. The van der Waals surface area contributed by atoms with Crippen molar-refractivity contribution in [3.8, 4) is 0 Å². The first kappa shape index (κ1) is 20.0. The smallest absolute Gasteiger partial charge is 0.255 e. The Morgan fingerprint density at radius 3 is 2.38 bits per heavy atom. The molecule has 4 heterocycles. The molecule has 0 bridgehead atoms. The molecule has 2 saturated heterocycles. The summed E-state index contributed by atoms with van der Waals surface area (Å²) in [6, 6.07) is 8.73. The first-order chi connectivity index (χ1) is 14.3. The fourth-order valence-corrected chi connectivity index (χ4v) is 4.50. The number of nitrogens with one attached hydrogen (secondary N) is 1. The number of hydrogen-bond acceptors (Lipinski definition) is 5. The fraction of sp³-hybridized carbons (Fsp3) is 0.522. The van der Waals surface area contributed by atoms with Gasteiger partial charge in [-0.25, -0.2) is 0 Å². The van der Waals surface area contributed by atoms with E-state index in [1.54, 1.807) is 12.4 Å². The number of nitrogens with zero attached hydrogens (tertiary/aromatic N) is 4. The third-order valence-corrected chi connectivity index (χ3v) is 6.19. The molecule has 29 heavy (non-hydrogen) atoms. The van der Waals surface area contributed by atoms with Crippen molar-refractivity contribution in [2.45, 2.75) is 44.2 Å². The van der Waals surface area contributed by atoms with Crippen molar-refractivity contribution in [2.24, 2.45) is 0 Å². The number of hydrogen-bond donors (Lipinski definition) is 1. The Kier molecular flexibility index (Phi) is 6.85. The van der Waals surface area contributed by atoms with Crippen LogP contribution in [0.3, 0.4) is 0 Å². The van der Waals surface area contributed by atoms with Gasteiger partial charge in [-0.05, 0) is 62.5 Å². The SMILES string of the molecule is O=C(c1cccnc1)N1CCC(NCC(c2cccnc2)N2CCCCC2)CC1. The van der Waals surface area contributed by atoms with Gasteiger partial charge in [0.2, 0.25) is 0 Å². The van der Waals surface area contributed by atoms with Gasteiger partial charge in [-0.3, -0.25) is 19.7 Å². The Morgan fingerprint density at radius 2 is 1.72 bits per heavy atom. The van der Waals surface area contributed by atoms with E-state index in [9.17, 15) is 4.79 Å². The van der Waals surface area contributed by atoms with Gasteiger partial charge in [0.25, 0.3) is 5.91 Å². The summed E-state index contributed by atoms with van der Waals surface area (Å²) in [5.41, 5.74) is 1.98. The third-order valence-electron chi connectivity index (χ3n) is 6.19. The Balaban J connectivity index is 1.31. The van der Waals surface area contributed by atoms with Gasteiger partial charge in [0.1, 0.15) is 0 Å². The Bertz CT molecular complexity index is 755. The second kappa shape index (κ2) is 9.94. The van der Waals surface area contributed by atoms with Crippen LogP contribution in [0.2, 0.25) is 0 Å². The van der Waals surface area contributed by atoms with E-state index in [4.69, 9.17) is 0 Å². The van der Waals surface area contributed by atoms with Gasteiger partial charge in [-0.1, -0.05) is 12.5 Å². The molecule has 1 unspecified atom stereocenters. The molecular weight excluding hydrogens is 362 g/mol. The summed E-state index contributed by atoms with van der Waals surface area (Å²) in [4.78, 5) is 25.6. The summed E-state index contributed by atoms with van der Waals surface area (Å²) < 4.78 is 0. The van der Waals surface area contributed by atoms with Crippen LogP contribution in [-0.2, 0) is 0 Å². The van der Waals surface area contributed by atoms with E-state index in [1.807, 2.05) is 35.5 Å². The lowest BCUT2D eigenvalue weighted by atomic mass is 10.0. The van der Waals surface area contributed by atoms with E-state index >= 15 is 0 Å². The number of piperidine rings is 2. The predicted molar refractivity (Wildman–Crippen MR) is 114 cm³/mol. The van der Waals surface area contributed by atoms with Crippen molar-refractivity contribution in [3.63, 3.8) is 0 Å². The molecule has 2 aromatic rings. The number of aromatic nitrogens is 2. The monoisotopic (exact) mass is 393 g/mol. The minimum atomic E-state index is 0.0955. The number of carbonyl (C=O) groups is 1. The molecule has 6 nitrogen and oxygen atoms in total. The average molecular weight is 394 g/mol. The minimum absolute atomic E-state index is 0.0955. The highest BCUT2D eigenvalue weighted by atomic mass is 16.2. The van der Waals surface area contributed by atoms with Gasteiger partial charge in [0, 0.05) is 56.5 Å². The summed E-state index contributed by atoms with van der Waals surface area (Å²) in [6.45, 7) is 4.87. The van der Waals surface area contributed by atoms with Crippen molar-refractivity contribution in [3.05, 3.63) is 60.2 Å². The van der Waals surface area contributed by atoms with Gasteiger partial charge in [-0.15, -0.1) is 0 Å². The van der Waals surface area contributed by atoms with E-state index in [-0.39, 0.29) is 5.91 Å². The van der Waals surface area contributed by atoms with E-state index < -0.39 is 0 Å². The summed E-state index contributed by atoms with van der Waals surface area (Å²) in [6.07, 6.45) is 13.1. The van der Waals surface area contributed by atoms with Crippen LogP contribution in [0.25, 0.3) is 0 Å². The molecular formula is C23H31N5O. The lowest BCUT2D eigenvalue weighted by molar-refractivity contribution is 0.0700. The van der Waals surface area contributed by atoms with Gasteiger partial charge in [0.05, 0.1) is 5.56 Å². The molecule has 0 spiro atoms. The first-order valence-corrected chi connectivity index (χ1v) is 10.9. The quantitative estimate of drug-likeness (QED) is 0.818. The molecule has 0 aromatic carbocycles. The average Bonchev–Trinajstić information content (AvgIpc) is 2.81. The zero-order valence-electron chi connectivity index (χ0n) is 17.0. The summed E-state index contributed by atoms with van der Waals surface area (Å²) >= 11 is 0. The predicted octanol–water partition coefficient (Wildman–Crippen LogP) is 2.90. The maximum Gasteiger partial charge on any atom is 0.255 e. The summed E-state index contributed by atoms with van der Waals surface area (Å²) in [7, 11) is 0. The molecule has 4 rings (SSSR count). The van der Waals surface area contributed by atoms with Crippen molar-refractivity contribution >= 4 is 5.91 Å². The largest absolute Gasteiger partial charge is 0.338 e. The van der Waals surface area contributed by atoms with Gasteiger partial charge in [-0.2, -0.15) is 0 Å². The van der Waals surface area contributed by atoms with E-state index in [1.165, 1.54) is 37.9 Å². The van der Waals surface area contributed by atoms with Gasteiger partial charge < -0.3 is 10.2 Å². The van der Waals surface area contributed by atoms with Crippen LogP contribution in [-0.4, -0.2) is 64.4 Å².